The van der Waals surface area contributed by atoms with Gasteiger partial charge < -0.3 is 39.0 Å². The summed E-state index contributed by atoms with van der Waals surface area (Å²) in [6.07, 6.45) is 1.97. The fraction of sp³-hybridized carbons (Fsp3) is 0.435. The maximum atomic E-state index is 10.7. The van der Waals surface area contributed by atoms with Gasteiger partial charge in [-0.2, -0.15) is 5.26 Å². The van der Waals surface area contributed by atoms with E-state index in [0.717, 1.165) is 34.3 Å². The molecule has 0 aromatic heterocycles. The highest BCUT2D eigenvalue weighted by molar-refractivity contribution is 6.76. The lowest BCUT2D eigenvalue weighted by Gasteiger charge is -2.39. The summed E-state index contributed by atoms with van der Waals surface area (Å²) >= 11 is 0. The average molecular weight is 823 g/mol. The van der Waals surface area contributed by atoms with Gasteiger partial charge in [0.05, 0.1) is 12.1 Å². The molecule has 4 aromatic carbocycles. The Labute approximate surface area is 347 Å². The van der Waals surface area contributed by atoms with Gasteiger partial charge in [-0.1, -0.05) is 124 Å². The first-order valence-electron chi connectivity index (χ1n) is 20.3. The predicted molar refractivity (Wildman–Crippen MR) is 236 cm³/mol. The number of phenolic OH excluding ortho intramolecular Hbond substituents is 2. The summed E-state index contributed by atoms with van der Waals surface area (Å²) in [4.78, 5) is 8.92. The van der Waals surface area contributed by atoms with Crippen molar-refractivity contribution in [3.8, 4) is 17.7 Å². The smallest absolute Gasteiger partial charge is 0.213 e. The topological polar surface area (TPSA) is 120 Å². The fourth-order valence-electron chi connectivity index (χ4n) is 7.21. The van der Waals surface area contributed by atoms with Gasteiger partial charge in [-0.3, -0.25) is 0 Å². The molecule has 4 atom stereocenters. The van der Waals surface area contributed by atoms with Crippen molar-refractivity contribution in [2.45, 2.75) is 102 Å². The zero-order valence-electron chi connectivity index (χ0n) is 35.1. The third kappa shape index (κ3) is 14.1. The number of rotatable bonds is 20. The van der Waals surface area contributed by atoms with Gasteiger partial charge in [0, 0.05) is 42.5 Å². The Hall–Kier alpha value is -4.49. The monoisotopic (exact) mass is 822 g/mol. The third-order valence-corrected chi connectivity index (χ3v) is 13.7. The van der Waals surface area contributed by atoms with Crippen LogP contribution in [0, 0.1) is 11.5 Å². The lowest BCUT2D eigenvalue weighted by Crippen LogP contribution is -2.53. The van der Waals surface area contributed by atoms with Gasteiger partial charge in [-0.15, -0.1) is 4.99 Å². The Morgan fingerprint density at radius 1 is 0.586 bits per heavy atom. The molecule has 12 heteroatoms. The van der Waals surface area contributed by atoms with Gasteiger partial charge in [-0.25, -0.2) is 0 Å². The second-order valence-corrected chi connectivity index (χ2v) is 28.8. The van der Waals surface area contributed by atoms with Crippen molar-refractivity contribution in [3.63, 3.8) is 0 Å². The van der Waals surface area contributed by atoms with Crippen LogP contribution in [-0.4, -0.2) is 93.2 Å². The molecule has 10 nitrogen and oxygen atoms in total. The second-order valence-electron chi connectivity index (χ2n) is 17.6. The van der Waals surface area contributed by atoms with Crippen LogP contribution in [0.2, 0.25) is 51.4 Å². The van der Waals surface area contributed by atoms with Gasteiger partial charge >= 0.3 is 0 Å². The summed E-state index contributed by atoms with van der Waals surface area (Å²) in [6.45, 7) is 15.8. The van der Waals surface area contributed by atoms with E-state index in [2.05, 4.69) is 84.5 Å². The number of hydrogen-bond donors (Lipinski definition) is 2. The molecule has 2 N–H and O–H groups in total. The number of hydrogen-bond acceptors (Lipinski definition) is 8. The first-order valence-corrected chi connectivity index (χ1v) is 27.7. The van der Waals surface area contributed by atoms with Gasteiger partial charge in [0.15, 0.2) is 0 Å². The molecule has 1 aliphatic rings. The number of nitrogens with zero attached hydrogens (tertiary/aromatic N) is 4. The van der Waals surface area contributed by atoms with Crippen molar-refractivity contribution >= 4 is 22.1 Å². The van der Waals surface area contributed by atoms with Gasteiger partial charge in [0.25, 0.3) is 0 Å². The van der Waals surface area contributed by atoms with E-state index in [0.29, 0.717) is 45.1 Å². The molecule has 1 heterocycles. The second kappa shape index (κ2) is 21.5. The quantitative estimate of drug-likeness (QED) is 0.0390. The highest BCUT2D eigenvalue weighted by atomic mass is 28.3. The molecule has 1 fully saturated rings. The first kappa shape index (κ1) is 44.6. The number of aliphatic imine (C=N–C) groups is 1. The van der Waals surface area contributed by atoms with E-state index in [1.54, 1.807) is 24.3 Å². The highest BCUT2D eigenvalue weighted by Gasteiger charge is 2.48. The number of aromatic hydroxyl groups is 2. The molecule has 0 bridgehead atoms. The van der Waals surface area contributed by atoms with Crippen LogP contribution in [0.5, 0.6) is 11.5 Å². The summed E-state index contributed by atoms with van der Waals surface area (Å²) in [6, 6.07) is 36.0. The summed E-state index contributed by atoms with van der Waals surface area (Å²) in [5.74, 6) is 0.726. The molecule has 310 valence electrons. The van der Waals surface area contributed by atoms with Crippen LogP contribution in [0.15, 0.2) is 114 Å². The zero-order chi connectivity index (χ0) is 41.5. The molecule has 0 unspecified atom stereocenters. The fourth-order valence-corrected chi connectivity index (χ4v) is 8.72. The average Bonchev–Trinajstić information content (AvgIpc) is 3.24. The zero-order valence-corrected chi connectivity index (χ0v) is 37.1. The highest BCUT2D eigenvalue weighted by Crippen LogP contribution is 2.34. The first-order chi connectivity index (χ1) is 27.8. The van der Waals surface area contributed by atoms with Crippen molar-refractivity contribution in [1.82, 2.24) is 9.80 Å². The Morgan fingerprint density at radius 2 is 0.983 bits per heavy atom. The van der Waals surface area contributed by atoms with E-state index in [4.69, 9.17) is 18.9 Å². The normalized spacial score (nSPS) is 18.8. The van der Waals surface area contributed by atoms with E-state index in [9.17, 15) is 15.5 Å². The molecule has 0 radical (unpaired) electrons. The Kier molecular flexibility index (Phi) is 16.5. The maximum absolute atomic E-state index is 10.7. The molecule has 1 aliphatic heterocycles. The van der Waals surface area contributed by atoms with Crippen LogP contribution >= 0.6 is 0 Å². The van der Waals surface area contributed by atoms with E-state index >= 15 is 0 Å². The van der Waals surface area contributed by atoms with Crippen LogP contribution in [-0.2, 0) is 44.9 Å². The van der Waals surface area contributed by atoms with Crippen molar-refractivity contribution in [1.29, 1.82) is 5.26 Å². The van der Waals surface area contributed by atoms with E-state index < -0.39 is 40.4 Å². The largest absolute Gasteiger partial charge is 0.508 e. The molecular formula is C46H62N4O6Si2. The summed E-state index contributed by atoms with van der Waals surface area (Å²) in [5, 5.41) is 31.8. The molecule has 0 saturated carbocycles. The van der Waals surface area contributed by atoms with Crippen LogP contribution in [0.3, 0.4) is 0 Å². The minimum Gasteiger partial charge on any atom is -0.508 e. The molecule has 58 heavy (non-hydrogen) atoms. The number of nitriles is 1. The van der Waals surface area contributed by atoms with E-state index in [1.165, 1.54) is 0 Å². The Bertz CT molecular complexity index is 1790. The Morgan fingerprint density at radius 3 is 1.34 bits per heavy atom. The molecule has 0 spiro atoms. The summed E-state index contributed by atoms with van der Waals surface area (Å²) in [5.41, 5.74) is 3.81. The van der Waals surface area contributed by atoms with Crippen LogP contribution in [0.1, 0.15) is 22.3 Å². The molecule has 1 saturated heterocycles. The van der Waals surface area contributed by atoms with Gasteiger partial charge in [0.1, 0.15) is 37.3 Å². The van der Waals surface area contributed by atoms with Crippen LogP contribution in [0.4, 0.5) is 0 Å². The number of ether oxygens (including phenoxy) is 4. The van der Waals surface area contributed by atoms with Crippen molar-refractivity contribution in [2.24, 2.45) is 4.99 Å². The SMILES string of the molecule is C[Si](C)(C)CCOCO[C@@H]1[C@@H](OCOCC[Si](C)(C)C)[C@@H](Cc2ccccc2)N(Cc2cccc(O)c2)C(=NC#N)N(Cc2cccc(O)c2)[C@@H]1Cc1ccccc1. The summed E-state index contributed by atoms with van der Waals surface area (Å²) < 4.78 is 26.6. The van der Waals surface area contributed by atoms with Crippen LogP contribution < -0.4 is 0 Å². The Balaban J connectivity index is 1.71. The molecule has 4 aromatic rings. The summed E-state index contributed by atoms with van der Waals surface area (Å²) in [7, 11) is -2.74. The minimum absolute atomic E-state index is 0.0477. The van der Waals surface area contributed by atoms with Gasteiger partial charge in [-0.05, 0) is 71.4 Å². The van der Waals surface area contributed by atoms with Crippen molar-refractivity contribution in [3.05, 3.63) is 131 Å². The standard InChI is InChI=1S/C46H62N4O6Si2/c1-57(2,3)25-23-53-34-55-44-42(29-36-15-9-7-10-16-36)49(31-38-19-13-21-40(51)27-38)46(48-33-47)50(32-39-20-14-22-41(52)28-39)43(30-37-17-11-8-12-18-37)45(44)56-35-54-24-26-58(4,5)6/h7-22,27-28,42-45,51-52H,23-26,29-32,34-35H2,1-6H3/t42-,43-,44+,45+/m1/s1. The minimum atomic E-state index is -1.37. The van der Waals surface area contributed by atoms with E-state index in [-0.39, 0.29) is 25.1 Å². The lowest BCUT2D eigenvalue weighted by atomic mass is 9.90. The number of guanidine groups is 1. The third-order valence-electron chi connectivity index (χ3n) is 10.3. The number of benzene rings is 4. The predicted octanol–water partition coefficient (Wildman–Crippen LogP) is 8.87. The van der Waals surface area contributed by atoms with E-state index in [1.807, 2.05) is 60.7 Å². The molecule has 0 aliphatic carbocycles. The van der Waals surface area contributed by atoms with Gasteiger partial charge in [0.2, 0.25) is 12.2 Å². The number of phenols is 2. The maximum Gasteiger partial charge on any atom is 0.213 e. The lowest BCUT2D eigenvalue weighted by molar-refractivity contribution is -0.188. The molecule has 0 amide bonds. The van der Waals surface area contributed by atoms with Crippen LogP contribution in [0.25, 0.3) is 0 Å². The molecule has 5 rings (SSSR count). The van der Waals surface area contributed by atoms with Crippen molar-refractivity contribution in [2.75, 3.05) is 26.8 Å². The van der Waals surface area contributed by atoms with Crippen molar-refractivity contribution < 1.29 is 29.2 Å². The molecular weight excluding hydrogens is 761 g/mol.